The molecule has 13 heavy (non-hydrogen) atoms. The molecule has 0 saturated carbocycles. The summed E-state index contributed by atoms with van der Waals surface area (Å²) < 4.78 is 0. The van der Waals surface area contributed by atoms with E-state index in [1.165, 1.54) is 25.7 Å². The zero-order valence-electron chi connectivity index (χ0n) is 9.26. The summed E-state index contributed by atoms with van der Waals surface area (Å²) in [6.45, 7) is 6.31. The van der Waals surface area contributed by atoms with Gasteiger partial charge >= 0.3 is 0 Å². The van der Waals surface area contributed by atoms with Crippen LogP contribution in [0.3, 0.4) is 0 Å². The summed E-state index contributed by atoms with van der Waals surface area (Å²) in [5.41, 5.74) is 11.0. The van der Waals surface area contributed by atoms with Crippen LogP contribution in [0.1, 0.15) is 46.0 Å². The molecule has 0 amide bonds. The monoisotopic (exact) mass is 186 g/mol. The summed E-state index contributed by atoms with van der Waals surface area (Å²) >= 11 is 0. The van der Waals surface area contributed by atoms with E-state index < -0.39 is 0 Å². The number of unbranched alkanes of at least 4 members (excludes halogenated alkanes) is 2. The van der Waals surface area contributed by atoms with Gasteiger partial charge in [-0.3, -0.25) is 0 Å². The van der Waals surface area contributed by atoms with Crippen molar-refractivity contribution in [3.63, 3.8) is 0 Å². The van der Waals surface area contributed by atoms with Gasteiger partial charge in [-0.25, -0.2) is 0 Å². The van der Waals surface area contributed by atoms with Crippen LogP contribution in [-0.2, 0) is 0 Å². The van der Waals surface area contributed by atoms with Crippen molar-refractivity contribution in [2.45, 2.75) is 46.0 Å². The maximum Gasteiger partial charge on any atom is -0.00746 e. The van der Waals surface area contributed by atoms with Gasteiger partial charge in [-0.2, -0.15) is 0 Å². The summed E-state index contributed by atoms with van der Waals surface area (Å²) in [7, 11) is 0. The second-order valence-corrected chi connectivity index (χ2v) is 4.17. The number of hydrogen-bond donors (Lipinski definition) is 2. The van der Waals surface area contributed by atoms with E-state index in [9.17, 15) is 0 Å². The van der Waals surface area contributed by atoms with Crippen molar-refractivity contribution >= 4 is 0 Å². The lowest BCUT2D eigenvalue weighted by Crippen LogP contribution is -2.13. The minimum atomic E-state index is 0.780. The Balaban J connectivity index is 3.32. The fraction of sp³-hybridized carbons (Fsp3) is 1.00. The molecule has 0 radical (unpaired) electrons. The first-order valence-electron chi connectivity index (χ1n) is 5.62. The van der Waals surface area contributed by atoms with E-state index in [-0.39, 0.29) is 0 Å². The highest BCUT2D eigenvalue weighted by Crippen LogP contribution is 2.20. The first-order chi connectivity index (χ1) is 6.22. The largest absolute Gasteiger partial charge is 0.330 e. The van der Waals surface area contributed by atoms with Gasteiger partial charge in [0.05, 0.1) is 0 Å². The number of nitrogens with two attached hydrogens (primary N) is 2. The fourth-order valence-corrected chi connectivity index (χ4v) is 1.62. The maximum absolute atomic E-state index is 5.53. The van der Waals surface area contributed by atoms with Gasteiger partial charge in [-0.15, -0.1) is 0 Å². The molecule has 2 heteroatoms. The normalized spacial score (nSPS) is 15.7. The topological polar surface area (TPSA) is 52.0 Å². The van der Waals surface area contributed by atoms with E-state index in [0.29, 0.717) is 0 Å². The molecule has 0 aromatic rings. The Kier molecular flexibility index (Phi) is 8.46. The Morgan fingerprint density at radius 1 is 0.769 bits per heavy atom. The van der Waals surface area contributed by atoms with Crippen molar-refractivity contribution < 1.29 is 0 Å². The Labute approximate surface area is 83.1 Å². The van der Waals surface area contributed by atoms with Crippen LogP contribution in [-0.4, -0.2) is 13.1 Å². The van der Waals surface area contributed by atoms with Gasteiger partial charge in [0, 0.05) is 0 Å². The average molecular weight is 186 g/mol. The molecule has 0 rings (SSSR count). The van der Waals surface area contributed by atoms with E-state index >= 15 is 0 Å². The predicted octanol–water partition coefficient (Wildman–Crippen LogP) is 2.13. The lowest BCUT2D eigenvalue weighted by Gasteiger charge is -2.18. The fourth-order valence-electron chi connectivity index (χ4n) is 1.62. The highest BCUT2D eigenvalue weighted by molar-refractivity contribution is 4.62. The number of hydrogen-bond acceptors (Lipinski definition) is 2. The van der Waals surface area contributed by atoms with Crippen LogP contribution in [0.5, 0.6) is 0 Å². The van der Waals surface area contributed by atoms with Gasteiger partial charge in [0.2, 0.25) is 0 Å². The lowest BCUT2D eigenvalue weighted by molar-refractivity contribution is 0.337. The van der Waals surface area contributed by atoms with Gasteiger partial charge in [-0.1, -0.05) is 33.1 Å². The van der Waals surface area contributed by atoms with Gasteiger partial charge in [0.15, 0.2) is 0 Å². The van der Waals surface area contributed by atoms with E-state index in [2.05, 4.69) is 13.8 Å². The molecule has 0 aliphatic carbocycles. The Hall–Kier alpha value is -0.0800. The van der Waals surface area contributed by atoms with Crippen LogP contribution in [0.2, 0.25) is 0 Å². The van der Waals surface area contributed by atoms with Crippen molar-refractivity contribution in [2.75, 3.05) is 13.1 Å². The van der Waals surface area contributed by atoms with Gasteiger partial charge in [0.25, 0.3) is 0 Å². The minimum Gasteiger partial charge on any atom is -0.330 e. The van der Waals surface area contributed by atoms with Gasteiger partial charge in [-0.05, 0) is 37.8 Å². The molecule has 0 saturated heterocycles. The van der Waals surface area contributed by atoms with Crippen molar-refractivity contribution in [1.82, 2.24) is 0 Å². The Bertz CT molecular complexity index is 104. The molecule has 4 N–H and O–H groups in total. The molecule has 0 heterocycles. The van der Waals surface area contributed by atoms with Crippen LogP contribution >= 0.6 is 0 Å². The third-order valence-corrected chi connectivity index (χ3v) is 2.96. The average Bonchev–Trinajstić information content (AvgIpc) is 2.12. The molecule has 0 aromatic heterocycles. The molecule has 2 nitrogen and oxygen atoms in total. The summed E-state index contributed by atoms with van der Waals surface area (Å²) in [6, 6.07) is 0. The van der Waals surface area contributed by atoms with Crippen LogP contribution in [0.25, 0.3) is 0 Å². The third-order valence-electron chi connectivity index (χ3n) is 2.96. The van der Waals surface area contributed by atoms with Crippen LogP contribution < -0.4 is 11.5 Å². The lowest BCUT2D eigenvalue weighted by atomic mass is 9.88. The van der Waals surface area contributed by atoms with E-state index in [1.807, 2.05) is 0 Å². The first kappa shape index (κ1) is 12.9. The molecule has 0 aromatic carbocycles. The number of rotatable bonds is 8. The molecule has 0 fully saturated rings. The molecule has 80 valence electrons. The van der Waals surface area contributed by atoms with Crippen molar-refractivity contribution in [2.24, 2.45) is 23.3 Å². The van der Waals surface area contributed by atoms with Crippen molar-refractivity contribution in [3.05, 3.63) is 0 Å². The highest BCUT2D eigenvalue weighted by Gasteiger charge is 2.10. The summed E-state index contributed by atoms with van der Waals surface area (Å²) in [4.78, 5) is 0. The van der Waals surface area contributed by atoms with Crippen LogP contribution in [0.4, 0.5) is 0 Å². The summed E-state index contributed by atoms with van der Waals surface area (Å²) in [5.74, 6) is 1.60. The minimum absolute atomic E-state index is 0.780. The standard InChI is InChI=1S/C11H26N2/c1-10(11(2)7-9-13)6-4-3-5-8-12/h10-11H,3-9,12-13H2,1-2H3. The smallest absolute Gasteiger partial charge is 0.00746 e. The highest BCUT2D eigenvalue weighted by atomic mass is 14.5. The molecule has 2 unspecified atom stereocenters. The SMILES string of the molecule is CC(CCN)C(C)CCCCCN. The molecule has 0 aliphatic rings. The van der Waals surface area contributed by atoms with E-state index in [1.54, 1.807) is 0 Å². The zero-order chi connectivity index (χ0) is 10.1. The van der Waals surface area contributed by atoms with Crippen LogP contribution in [0, 0.1) is 11.8 Å². The molecule has 0 bridgehead atoms. The van der Waals surface area contributed by atoms with E-state index in [4.69, 9.17) is 11.5 Å². The molecular weight excluding hydrogens is 160 g/mol. The maximum atomic E-state index is 5.53. The zero-order valence-corrected chi connectivity index (χ0v) is 9.26. The molecular formula is C11H26N2. The van der Waals surface area contributed by atoms with Crippen molar-refractivity contribution in [1.29, 1.82) is 0 Å². The molecule has 2 atom stereocenters. The quantitative estimate of drug-likeness (QED) is 0.571. The third kappa shape index (κ3) is 7.03. The Morgan fingerprint density at radius 2 is 1.38 bits per heavy atom. The summed E-state index contributed by atoms with van der Waals surface area (Å²) in [6.07, 6.45) is 6.29. The molecule has 0 aliphatic heterocycles. The van der Waals surface area contributed by atoms with Crippen molar-refractivity contribution in [3.8, 4) is 0 Å². The second-order valence-electron chi connectivity index (χ2n) is 4.17. The van der Waals surface area contributed by atoms with Crippen LogP contribution in [0.15, 0.2) is 0 Å². The second kappa shape index (κ2) is 8.52. The van der Waals surface area contributed by atoms with E-state index in [0.717, 1.165) is 31.3 Å². The van der Waals surface area contributed by atoms with Gasteiger partial charge in [0.1, 0.15) is 0 Å². The van der Waals surface area contributed by atoms with Gasteiger partial charge < -0.3 is 11.5 Å². The molecule has 0 spiro atoms. The predicted molar refractivity (Wildman–Crippen MR) is 59.5 cm³/mol. The first-order valence-corrected chi connectivity index (χ1v) is 5.62. The Morgan fingerprint density at radius 3 is 1.92 bits per heavy atom. The summed E-state index contributed by atoms with van der Waals surface area (Å²) in [5, 5.41) is 0.